The van der Waals surface area contributed by atoms with Crippen LogP contribution in [0.25, 0.3) is 22.6 Å². The Morgan fingerprint density at radius 2 is 2.12 bits per heavy atom. The molecule has 0 aliphatic heterocycles. The number of hydrogen-bond donors (Lipinski definition) is 1. The van der Waals surface area contributed by atoms with E-state index in [1.807, 2.05) is 42.5 Å². The van der Waals surface area contributed by atoms with Gasteiger partial charge in [-0.25, -0.2) is 9.97 Å². The Kier molecular flexibility index (Phi) is 4.26. The van der Waals surface area contributed by atoms with Crippen molar-refractivity contribution in [2.24, 2.45) is 0 Å². The van der Waals surface area contributed by atoms with E-state index < -0.39 is 0 Å². The summed E-state index contributed by atoms with van der Waals surface area (Å²) < 4.78 is 7.39. The second kappa shape index (κ2) is 6.55. The molecule has 0 fully saturated rings. The third kappa shape index (κ3) is 3.31. The topological polar surface area (TPSA) is 51.0 Å². The van der Waals surface area contributed by atoms with E-state index in [1.165, 1.54) is 11.3 Å². The molecule has 0 radical (unpaired) electrons. The Hall–Kier alpha value is -1.89. The monoisotopic (exact) mass is 419 g/mol. The van der Waals surface area contributed by atoms with Gasteiger partial charge in [-0.15, -0.1) is 11.3 Å². The summed E-state index contributed by atoms with van der Waals surface area (Å²) >= 11 is 10.8. The van der Waals surface area contributed by atoms with Crippen LogP contribution in [0.15, 0.2) is 57.6 Å². The van der Waals surface area contributed by atoms with Crippen LogP contribution >= 0.6 is 38.9 Å². The molecule has 0 aliphatic carbocycles. The first-order valence-electron chi connectivity index (χ1n) is 7.18. The van der Waals surface area contributed by atoms with Gasteiger partial charge in [0.25, 0.3) is 0 Å². The number of nitrogens with one attached hydrogen (secondary N) is 1. The zero-order valence-corrected chi connectivity index (χ0v) is 15.5. The first kappa shape index (κ1) is 15.6. The normalized spacial score (nSPS) is 11.1. The van der Waals surface area contributed by atoms with Gasteiger partial charge in [0.15, 0.2) is 10.0 Å². The number of benzene rings is 2. The van der Waals surface area contributed by atoms with E-state index >= 15 is 0 Å². The molecule has 2 heterocycles. The molecule has 4 rings (SSSR count). The van der Waals surface area contributed by atoms with E-state index in [-0.39, 0.29) is 0 Å². The van der Waals surface area contributed by atoms with Crippen LogP contribution in [0.2, 0.25) is 4.47 Å². The average Bonchev–Trinajstić information content (AvgIpc) is 3.18. The molecular weight excluding hydrogens is 410 g/mol. The van der Waals surface area contributed by atoms with Crippen LogP contribution in [0.1, 0.15) is 4.88 Å². The number of thiazole rings is 1. The van der Waals surface area contributed by atoms with Crippen LogP contribution in [0.3, 0.4) is 0 Å². The first-order valence-corrected chi connectivity index (χ1v) is 9.17. The molecule has 0 bridgehead atoms. The van der Waals surface area contributed by atoms with Gasteiger partial charge in [0.2, 0.25) is 5.89 Å². The fourth-order valence-electron chi connectivity index (χ4n) is 2.34. The molecule has 0 spiro atoms. The highest BCUT2D eigenvalue weighted by molar-refractivity contribution is 9.10. The maximum absolute atomic E-state index is 5.85. The molecule has 4 aromatic rings. The van der Waals surface area contributed by atoms with Gasteiger partial charge in [-0.3, -0.25) is 0 Å². The van der Waals surface area contributed by atoms with Gasteiger partial charge in [0, 0.05) is 26.8 Å². The zero-order chi connectivity index (χ0) is 16.5. The van der Waals surface area contributed by atoms with E-state index in [2.05, 4.69) is 31.2 Å². The van der Waals surface area contributed by atoms with Gasteiger partial charge in [-0.2, -0.15) is 0 Å². The predicted molar refractivity (Wildman–Crippen MR) is 102 cm³/mol. The fraction of sp³-hybridized carbons (Fsp3) is 0.0588. The van der Waals surface area contributed by atoms with E-state index in [4.69, 9.17) is 16.0 Å². The quantitative estimate of drug-likeness (QED) is 0.441. The Morgan fingerprint density at radius 3 is 2.92 bits per heavy atom. The molecule has 4 nitrogen and oxygen atoms in total. The lowest BCUT2D eigenvalue weighted by Gasteiger charge is -2.03. The van der Waals surface area contributed by atoms with Gasteiger partial charge < -0.3 is 9.73 Å². The number of aromatic nitrogens is 2. The summed E-state index contributed by atoms with van der Waals surface area (Å²) in [6.07, 6.45) is 1.78. The molecule has 7 heteroatoms. The van der Waals surface area contributed by atoms with Crippen molar-refractivity contribution in [1.29, 1.82) is 0 Å². The maximum Gasteiger partial charge on any atom is 0.227 e. The van der Waals surface area contributed by atoms with Crippen molar-refractivity contribution >= 4 is 55.7 Å². The van der Waals surface area contributed by atoms with E-state index in [1.54, 1.807) is 6.20 Å². The summed E-state index contributed by atoms with van der Waals surface area (Å²) in [4.78, 5) is 9.70. The minimum Gasteiger partial charge on any atom is -0.436 e. The summed E-state index contributed by atoms with van der Waals surface area (Å²) in [7, 11) is 0. The number of anilines is 1. The highest BCUT2D eigenvalue weighted by Crippen LogP contribution is 2.28. The summed E-state index contributed by atoms with van der Waals surface area (Å²) in [6, 6.07) is 13.8. The van der Waals surface area contributed by atoms with E-state index in [9.17, 15) is 0 Å². The zero-order valence-electron chi connectivity index (χ0n) is 12.3. The lowest BCUT2D eigenvalue weighted by molar-refractivity contribution is 0.620. The van der Waals surface area contributed by atoms with Crippen LogP contribution in [-0.4, -0.2) is 9.97 Å². The average molecular weight is 421 g/mol. The van der Waals surface area contributed by atoms with Gasteiger partial charge in [-0.1, -0.05) is 33.6 Å². The Bertz CT molecular complexity index is 1010. The highest BCUT2D eigenvalue weighted by atomic mass is 79.9. The third-order valence-corrected chi connectivity index (χ3v) is 5.06. The lowest BCUT2D eigenvalue weighted by Crippen LogP contribution is -1.96. The SMILES string of the molecule is Clc1ncc(CNc2ccc3oc(-c4cccc(Br)c4)nc3c2)s1. The van der Waals surface area contributed by atoms with Crippen LogP contribution in [-0.2, 0) is 6.54 Å². The summed E-state index contributed by atoms with van der Waals surface area (Å²) in [5, 5.41) is 3.35. The standard InChI is InChI=1S/C17H11BrClN3OS/c18-11-3-1-2-10(6-11)16-22-14-7-12(4-5-15(14)23-16)20-8-13-9-21-17(19)24-13/h1-7,9,20H,8H2. The molecule has 0 saturated carbocycles. The predicted octanol–water partition coefficient (Wildman–Crippen LogP) is 5.98. The maximum atomic E-state index is 5.85. The molecule has 0 aliphatic rings. The minimum atomic E-state index is 0.553. The molecule has 24 heavy (non-hydrogen) atoms. The number of hydrogen-bond acceptors (Lipinski definition) is 5. The number of nitrogens with zero attached hydrogens (tertiary/aromatic N) is 2. The van der Waals surface area contributed by atoms with Crippen molar-refractivity contribution in [2.75, 3.05) is 5.32 Å². The molecule has 2 aromatic heterocycles. The summed E-state index contributed by atoms with van der Waals surface area (Å²) in [5.74, 6) is 0.609. The van der Waals surface area contributed by atoms with Gasteiger partial charge in [-0.05, 0) is 36.4 Å². The van der Waals surface area contributed by atoms with Crippen LogP contribution in [0.4, 0.5) is 5.69 Å². The largest absolute Gasteiger partial charge is 0.436 e. The van der Waals surface area contributed by atoms with Gasteiger partial charge >= 0.3 is 0 Å². The Labute approximate surface area is 155 Å². The minimum absolute atomic E-state index is 0.553. The van der Waals surface area contributed by atoms with Crippen LogP contribution < -0.4 is 5.32 Å². The van der Waals surface area contributed by atoms with E-state index in [0.717, 1.165) is 31.7 Å². The molecule has 2 aromatic carbocycles. The Morgan fingerprint density at radius 1 is 1.21 bits per heavy atom. The van der Waals surface area contributed by atoms with Crippen molar-refractivity contribution in [3.05, 3.63) is 62.5 Å². The molecule has 120 valence electrons. The number of oxazole rings is 1. The van der Waals surface area contributed by atoms with Crippen LogP contribution in [0.5, 0.6) is 0 Å². The second-order valence-electron chi connectivity index (χ2n) is 5.14. The molecule has 0 amide bonds. The smallest absolute Gasteiger partial charge is 0.227 e. The molecule has 1 N–H and O–H groups in total. The van der Waals surface area contributed by atoms with Crippen molar-refractivity contribution in [3.63, 3.8) is 0 Å². The Balaban J connectivity index is 1.59. The van der Waals surface area contributed by atoms with Crippen molar-refractivity contribution in [2.45, 2.75) is 6.54 Å². The summed E-state index contributed by atoms with van der Waals surface area (Å²) in [5.41, 5.74) is 3.49. The number of fused-ring (bicyclic) bond motifs is 1. The highest BCUT2D eigenvalue weighted by Gasteiger charge is 2.09. The van der Waals surface area contributed by atoms with Crippen molar-refractivity contribution in [1.82, 2.24) is 9.97 Å². The summed E-state index contributed by atoms with van der Waals surface area (Å²) in [6.45, 7) is 0.673. The first-order chi connectivity index (χ1) is 11.7. The second-order valence-corrected chi connectivity index (χ2v) is 7.76. The van der Waals surface area contributed by atoms with Crippen molar-refractivity contribution in [3.8, 4) is 11.5 Å². The van der Waals surface area contributed by atoms with Crippen LogP contribution in [0, 0.1) is 0 Å². The number of halogens is 2. The molecule has 0 saturated heterocycles. The van der Waals surface area contributed by atoms with Gasteiger partial charge in [0.05, 0.1) is 6.54 Å². The molecule has 0 atom stereocenters. The van der Waals surface area contributed by atoms with Crippen molar-refractivity contribution < 1.29 is 4.42 Å². The lowest BCUT2D eigenvalue weighted by atomic mass is 10.2. The third-order valence-electron chi connectivity index (χ3n) is 3.45. The molecule has 0 unspecified atom stereocenters. The van der Waals surface area contributed by atoms with Gasteiger partial charge in [0.1, 0.15) is 5.52 Å². The van der Waals surface area contributed by atoms with E-state index in [0.29, 0.717) is 16.9 Å². The fourth-order valence-corrected chi connectivity index (χ4v) is 3.65. The molecular formula is C17H11BrClN3OS. The number of rotatable bonds is 4.